The van der Waals surface area contributed by atoms with Crippen LogP contribution in [-0.4, -0.2) is 21.5 Å². The van der Waals surface area contributed by atoms with Crippen molar-refractivity contribution in [2.45, 2.75) is 19.4 Å². The van der Waals surface area contributed by atoms with Crippen LogP contribution in [0.3, 0.4) is 0 Å². The minimum absolute atomic E-state index is 0.196. The monoisotopic (exact) mass is 179 g/mol. The first-order valence-electron chi connectivity index (χ1n) is 3.90. The number of fused-ring (bicyclic) bond motifs is 1. The smallest absolute Gasteiger partial charge is 0.269 e. The molecule has 0 atom stereocenters. The summed E-state index contributed by atoms with van der Waals surface area (Å²) in [4.78, 5) is 19.1. The van der Waals surface area contributed by atoms with E-state index in [0.29, 0.717) is 11.6 Å². The molecule has 0 radical (unpaired) electrons. The zero-order chi connectivity index (χ0) is 9.47. The Morgan fingerprint density at radius 2 is 2.31 bits per heavy atom. The fraction of sp³-hybridized carbons (Fsp3) is 0.375. The van der Waals surface area contributed by atoms with E-state index in [1.165, 1.54) is 12.5 Å². The van der Waals surface area contributed by atoms with Gasteiger partial charge in [-0.2, -0.15) is 0 Å². The highest BCUT2D eigenvalue weighted by atomic mass is 16.5. The molecular weight excluding hydrogens is 170 g/mol. The number of carbonyl (C=O) groups excluding carboxylic acids is 1. The van der Waals surface area contributed by atoms with E-state index in [4.69, 9.17) is 4.74 Å². The molecule has 0 fully saturated rings. The second kappa shape index (κ2) is 2.42. The van der Waals surface area contributed by atoms with Gasteiger partial charge >= 0.3 is 0 Å². The summed E-state index contributed by atoms with van der Waals surface area (Å²) in [7, 11) is 0. The molecular formula is C8H9N3O2. The molecule has 13 heavy (non-hydrogen) atoms. The molecule has 1 amide bonds. The highest BCUT2D eigenvalue weighted by Gasteiger charge is 2.35. The minimum atomic E-state index is -0.849. The summed E-state index contributed by atoms with van der Waals surface area (Å²) in [5.41, 5.74) is -0.849. The summed E-state index contributed by atoms with van der Waals surface area (Å²) in [6, 6.07) is 0. The van der Waals surface area contributed by atoms with Gasteiger partial charge in [0.05, 0.1) is 6.20 Å². The van der Waals surface area contributed by atoms with E-state index >= 15 is 0 Å². The molecule has 0 saturated carbocycles. The lowest BCUT2D eigenvalue weighted by atomic mass is 10.1. The molecule has 0 unspecified atom stereocenters. The highest BCUT2D eigenvalue weighted by molar-refractivity contribution is 5.99. The maximum absolute atomic E-state index is 11.4. The van der Waals surface area contributed by atoms with Crippen LogP contribution in [0.15, 0.2) is 12.5 Å². The lowest BCUT2D eigenvalue weighted by molar-refractivity contribution is -0.129. The van der Waals surface area contributed by atoms with Crippen LogP contribution < -0.4 is 10.1 Å². The molecule has 1 aliphatic rings. The van der Waals surface area contributed by atoms with Crippen molar-refractivity contribution in [3.8, 4) is 5.75 Å². The molecule has 5 heteroatoms. The zero-order valence-corrected chi connectivity index (χ0v) is 7.37. The number of aromatic nitrogens is 2. The predicted octanol–water partition coefficient (Wildman–Crippen LogP) is 0.586. The Hall–Kier alpha value is -1.65. The number of hydrogen-bond donors (Lipinski definition) is 1. The van der Waals surface area contributed by atoms with Crippen molar-refractivity contribution in [2.75, 3.05) is 5.32 Å². The molecule has 0 spiro atoms. The Morgan fingerprint density at radius 3 is 3.08 bits per heavy atom. The van der Waals surface area contributed by atoms with Gasteiger partial charge in [0.2, 0.25) is 0 Å². The Labute approximate surface area is 75.1 Å². The van der Waals surface area contributed by atoms with E-state index in [2.05, 4.69) is 15.3 Å². The summed E-state index contributed by atoms with van der Waals surface area (Å²) in [5, 5.41) is 2.64. The Kier molecular flexibility index (Phi) is 1.48. The summed E-state index contributed by atoms with van der Waals surface area (Å²) in [5.74, 6) is 0.741. The number of rotatable bonds is 0. The molecule has 1 aliphatic heterocycles. The van der Waals surface area contributed by atoms with Gasteiger partial charge in [0.1, 0.15) is 6.33 Å². The first-order chi connectivity index (χ1) is 6.09. The Morgan fingerprint density at radius 1 is 1.54 bits per heavy atom. The summed E-state index contributed by atoms with van der Waals surface area (Å²) < 4.78 is 5.39. The van der Waals surface area contributed by atoms with Crippen molar-refractivity contribution in [3.63, 3.8) is 0 Å². The second-order valence-corrected chi connectivity index (χ2v) is 3.30. The average Bonchev–Trinajstić information content (AvgIpc) is 2.06. The van der Waals surface area contributed by atoms with Gasteiger partial charge in [-0.3, -0.25) is 4.79 Å². The molecule has 0 aromatic carbocycles. The summed E-state index contributed by atoms with van der Waals surface area (Å²) in [6.45, 7) is 3.39. The zero-order valence-electron chi connectivity index (χ0n) is 7.37. The molecule has 2 rings (SSSR count). The molecule has 1 aromatic heterocycles. The first-order valence-corrected chi connectivity index (χ1v) is 3.90. The minimum Gasteiger partial charge on any atom is -0.472 e. The van der Waals surface area contributed by atoms with Gasteiger partial charge in [-0.1, -0.05) is 0 Å². The number of anilines is 1. The van der Waals surface area contributed by atoms with Crippen LogP contribution in [0.5, 0.6) is 5.75 Å². The molecule has 0 bridgehead atoms. The number of amides is 1. The standard InChI is InChI=1S/C8H9N3O2/c1-8(2)7(12)11-6-5(13-8)3-9-4-10-6/h3-4H,1-2H3,(H,9,10,11,12). The number of nitrogens with one attached hydrogen (secondary N) is 1. The maximum Gasteiger partial charge on any atom is 0.269 e. The van der Waals surface area contributed by atoms with Gasteiger partial charge in [0.15, 0.2) is 17.2 Å². The number of hydrogen-bond acceptors (Lipinski definition) is 4. The van der Waals surface area contributed by atoms with E-state index in [-0.39, 0.29) is 5.91 Å². The number of carbonyl (C=O) groups is 1. The van der Waals surface area contributed by atoms with E-state index < -0.39 is 5.60 Å². The molecule has 1 aromatic rings. The third kappa shape index (κ3) is 1.22. The topological polar surface area (TPSA) is 64.1 Å². The third-order valence-electron chi connectivity index (χ3n) is 1.82. The first kappa shape index (κ1) is 7.97. The van der Waals surface area contributed by atoms with E-state index in [1.54, 1.807) is 13.8 Å². The quantitative estimate of drug-likeness (QED) is 0.633. The van der Waals surface area contributed by atoms with Gasteiger partial charge in [-0.15, -0.1) is 0 Å². The second-order valence-electron chi connectivity index (χ2n) is 3.30. The molecule has 5 nitrogen and oxygen atoms in total. The molecule has 0 aliphatic carbocycles. The SMILES string of the molecule is CC1(C)Oc2cncnc2NC1=O. The van der Waals surface area contributed by atoms with Gasteiger partial charge in [-0.05, 0) is 13.8 Å². The fourth-order valence-electron chi connectivity index (χ4n) is 1.06. The van der Waals surface area contributed by atoms with E-state index in [0.717, 1.165) is 0 Å². The number of nitrogens with zero attached hydrogens (tertiary/aromatic N) is 2. The van der Waals surface area contributed by atoms with Gasteiger partial charge in [0, 0.05) is 0 Å². The third-order valence-corrected chi connectivity index (χ3v) is 1.82. The van der Waals surface area contributed by atoms with Crippen LogP contribution in [0.2, 0.25) is 0 Å². The van der Waals surface area contributed by atoms with Crippen molar-refractivity contribution in [1.29, 1.82) is 0 Å². The van der Waals surface area contributed by atoms with Crippen molar-refractivity contribution >= 4 is 11.7 Å². The summed E-state index contributed by atoms with van der Waals surface area (Å²) >= 11 is 0. The largest absolute Gasteiger partial charge is 0.472 e. The lowest BCUT2D eigenvalue weighted by Gasteiger charge is -2.30. The van der Waals surface area contributed by atoms with E-state index in [1.807, 2.05) is 0 Å². The molecule has 68 valence electrons. The fourth-order valence-corrected chi connectivity index (χ4v) is 1.06. The van der Waals surface area contributed by atoms with Crippen molar-refractivity contribution in [1.82, 2.24) is 9.97 Å². The number of ether oxygens (including phenoxy) is 1. The predicted molar refractivity (Wildman–Crippen MR) is 45.4 cm³/mol. The van der Waals surface area contributed by atoms with Crippen LogP contribution >= 0.6 is 0 Å². The van der Waals surface area contributed by atoms with Crippen molar-refractivity contribution < 1.29 is 9.53 Å². The van der Waals surface area contributed by atoms with Crippen molar-refractivity contribution in [3.05, 3.63) is 12.5 Å². The van der Waals surface area contributed by atoms with E-state index in [9.17, 15) is 4.79 Å². The van der Waals surface area contributed by atoms with Gasteiger partial charge < -0.3 is 10.1 Å². The molecule has 2 heterocycles. The lowest BCUT2D eigenvalue weighted by Crippen LogP contribution is -2.46. The summed E-state index contributed by atoms with van der Waals surface area (Å²) in [6.07, 6.45) is 2.89. The van der Waals surface area contributed by atoms with Crippen LogP contribution in [-0.2, 0) is 4.79 Å². The van der Waals surface area contributed by atoms with Gasteiger partial charge in [0.25, 0.3) is 5.91 Å². The van der Waals surface area contributed by atoms with Crippen LogP contribution in [0.1, 0.15) is 13.8 Å². The van der Waals surface area contributed by atoms with Crippen molar-refractivity contribution in [2.24, 2.45) is 0 Å². The van der Waals surface area contributed by atoms with Crippen LogP contribution in [0.4, 0.5) is 5.82 Å². The average molecular weight is 179 g/mol. The van der Waals surface area contributed by atoms with Crippen LogP contribution in [0.25, 0.3) is 0 Å². The van der Waals surface area contributed by atoms with Gasteiger partial charge in [-0.25, -0.2) is 9.97 Å². The van der Waals surface area contributed by atoms with Crippen LogP contribution in [0, 0.1) is 0 Å². The Balaban J connectivity index is 2.44. The molecule has 1 N–H and O–H groups in total. The maximum atomic E-state index is 11.4. The highest BCUT2D eigenvalue weighted by Crippen LogP contribution is 2.29. The molecule has 0 saturated heterocycles. The normalized spacial score (nSPS) is 18.5. The Bertz CT molecular complexity index is 362.